The zero-order chi connectivity index (χ0) is 16.3. The number of nitrogens with zero attached hydrogens (tertiary/aromatic N) is 1. The maximum atomic E-state index is 12.3. The van der Waals surface area contributed by atoms with Crippen molar-refractivity contribution in [2.24, 2.45) is 0 Å². The maximum Gasteiger partial charge on any atom is 0.266 e. The fraction of sp³-hybridized carbons (Fsp3) is 0.312. The Kier molecular flexibility index (Phi) is 4.60. The molecule has 0 atom stereocenters. The number of carbonyl (C=O) groups excluding carboxylic acids is 1. The van der Waals surface area contributed by atoms with Crippen LogP contribution >= 0.6 is 0 Å². The highest BCUT2D eigenvalue weighted by Gasteiger charge is 2.21. The average molecular weight is 301 g/mol. The number of aromatic hydroxyl groups is 1. The summed E-state index contributed by atoms with van der Waals surface area (Å²) in [5.41, 5.74) is 1.13. The van der Waals surface area contributed by atoms with E-state index in [0.29, 0.717) is 29.9 Å². The molecule has 0 aromatic carbocycles. The van der Waals surface area contributed by atoms with Crippen LogP contribution < -0.4 is 10.9 Å². The molecular formula is C16H19N3O3. The van der Waals surface area contributed by atoms with Crippen LogP contribution in [-0.2, 0) is 12.8 Å². The van der Waals surface area contributed by atoms with Crippen molar-refractivity contribution < 1.29 is 9.90 Å². The summed E-state index contributed by atoms with van der Waals surface area (Å²) >= 11 is 0. The summed E-state index contributed by atoms with van der Waals surface area (Å²) < 4.78 is 0. The third-order valence-electron chi connectivity index (χ3n) is 3.55. The lowest BCUT2D eigenvalue weighted by Crippen LogP contribution is -2.26. The summed E-state index contributed by atoms with van der Waals surface area (Å²) in [6.45, 7) is 5.53. The van der Waals surface area contributed by atoms with Crippen LogP contribution in [0.3, 0.4) is 0 Å². The van der Waals surface area contributed by atoms with Gasteiger partial charge in [-0.15, -0.1) is 0 Å². The topological polar surface area (TPSA) is 95.1 Å². The second-order valence-corrected chi connectivity index (χ2v) is 4.96. The number of amides is 1. The predicted octanol–water partition coefficient (Wildman–Crippen LogP) is 2.16. The molecule has 0 aliphatic heterocycles. The van der Waals surface area contributed by atoms with Crippen LogP contribution in [-0.4, -0.2) is 21.0 Å². The minimum atomic E-state index is -0.669. The first kappa shape index (κ1) is 15.8. The molecule has 0 aliphatic carbocycles. The number of aromatic nitrogens is 2. The van der Waals surface area contributed by atoms with Gasteiger partial charge in [-0.05, 0) is 31.4 Å². The van der Waals surface area contributed by atoms with Crippen LogP contribution in [0.1, 0.15) is 41.0 Å². The Morgan fingerprint density at radius 2 is 2.09 bits per heavy atom. The number of nitrogens with one attached hydrogen (secondary N) is 2. The van der Waals surface area contributed by atoms with Crippen LogP contribution in [0.5, 0.6) is 5.75 Å². The van der Waals surface area contributed by atoms with Gasteiger partial charge in [-0.3, -0.25) is 9.59 Å². The first-order chi connectivity index (χ1) is 10.5. The number of aromatic amines is 1. The highest BCUT2D eigenvalue weighted by Crippen LogP contribution is 2.24. The molecular weight excluding hydrogens is 282 g/mol. The number of H-pyrrole nitrogens is 1. The number of pyridine rings is 2. The molecule has 2 aromatic heterocycles. The van der Waals surface area contributed by atoms with E-state index in [9.17, 15) is 14.7 Å². The van der Waals surface area contributed by atoms with Gasteiger partial charge in [0.1, 0.15) is 17.1 Å². The molecule has 0 bridgehead atoms. The van der Waals surface area contributed by atoms with Gasteiger partial charge in [0, 0.05) is 17.5 Å². The second-order valence-electron chi connectivity index (χ2n) is 4.96. The molecule has 2 rings (SSSR count). The quantitative estimate of drug-likeness (QED) is 0.806. The molecule has 0 saturated carbocycles. The van der Waals surface area contributed by atoms with Gasteiger partial charge in [0.2, 0.25) is 0 Å². The molecule has 0 spiro atoms. The smallest absolute Gasteiger partial charge is 0.266 e. The number of carbonyl (C=O) groups is 1. The Morgan fingerprint density at radius 3 is 2.68 bits per heavy atom. The molecule has 2 aromatic rings. The Bertz CT molecular complexity index is 766. The Labute approximate surface area is 128 Å². The molecule has 6 nitrogen and oxygen atoms in total. The fourth-order valence-corrected chi connectivity index (χ4v) is 2.36. The van der Waals surface area contributed by atoms with E-state index in [4.69, 9.17) is 0 Å². The van der Waals surface area contributed by atoms with Crippen molar-refractivity contribution >= 4 is 11.7 Å². The lowest BCUT2D eigenvalue weighted by atomic mass is 10.0. The molecule has 116 valence electrons. The maximum absolute atomic E-state index is 12.3. The molecule has 2 heterocycles. The summed E-state index contributed by atoms with van der Waals surface area (Å²) in [4.78, 5) is 31.2. The number of hydrogen-bond donors (Lipinski definition) is 3. The lowest BCUT2D eigenvalue weighted by molar-refractivity contribution is 0.102. The van der Waals surface area contributed by atoms with Gasteiger partial charge in [0.05, 0.1) is 0 Å². The van der Waals surface area contributed by atoms with Crippen LogP contribution in [0, 0.1) is 6.92 Å². The number of anilines is 1. The molecule has 0 aliphatic rings. The Hall–Kier alpha value is -2.63. The van der Waals surface area contributed by atoms with E-state index in [1.807, 2.05) is 13.8 Å². The van der Waals surface area contributed by atoms with Gasteiger partial charge in [0.25, 0.3) is 11.5 Å². The van der Waals surface area contributed by atoms with Crippen molar-refractivity contribution in [3.63, 3.8) is 0 Å². The van der Waals surface area contributed by atoms with Crippen molar-refractivity contribution in [2.75, 3.05) is 5.32 Å². The van der Waals surface area contributed by atoms with E-state index >= 15 is 0 Å². The molecule has 0 unspecified atom stereocenters. The van der Waals surface area contributed by atoms with E-state index in [2.05, 4.69) is 15.3 Å². The standard InChI is InChI=1S/C16H19N3O3/c1-4-10-11(5-2)18-15(21)12(13(10)20)16(22)19-14-9(3)7-6-8-17-14/h6-8H,4-5H2,1-3H3,(H,17,19,22)(H2,18,20,21). The summed E-state index contributed by atoms with van der Waals surface area (Å²) in [5, 5.41) is 12.9. The molecule has 3 N–H and O–H groups in total. The van der Waals surface area contributed by atoms with Crippen molar-refractivity contribution in [1.29, 1.82) is 0 Å². The van der Waals surface area contributed by atoms with Crippen LogP contribution in [0.4, 0.5) is 5.82 Å². The van der Waals surface area contributed by atoms with Gasteiger partial charge in [-0.25, -0.2) is 4.98 Å². The normalized spacial score (nSPS) is 10.5. The van der Waals surface area contributed by atoms with E-state index in [0.717, 1.165) is 5.56 Å². The van der Waals surface area contributed by atoms with Crippen LogP contribution in [0.25, 0.3) is 0 Å². The zero-order valence-corrected chi connectivity index (χ0v) is 12.9. The van der Waals surface area contributed by atoms with E-state index in [1.54, 1.807) is 25.3 Å². The predicted molar refractivity (Wildman–Crippen MR) is 84.4 cm³/mol. The van der Waals surface area contributed by atoms with Crippen molar-refractivity contribution in [3.05, 3.63) is 51.1 Å². The average Bonchev–Trinajstić information content (AvgIpc) is 2.49. The van der Waals surface area contributed by atoms with Gasteiger partial charge >= 0.3 is 0 Å². The lowest BCUT2D eigenvalue weighted by Gasteiger charge is -2.12. The highest BCUT2D eigenvalue weighted by atomic mass is 16.3. The van der Waals surface area contributed by atoms with Gasteiger partial charge < -0.3 is 15.4 Å². The van der Waals surface area contributed by atoms with Crippen molar-refractivity contribution in [2.45, 2.75) is 33.6 Å². The van der Waals surface area contributed by atoms with E-state index in [-0.39, 0.29) is 11.3 Å². The number of rotatable bonds is 4. The third-order valence-corrected chi connectivity index (χ3v) is 3.55. The molecule has 1 amide bonds. The summed E-state index contributed by atoms with van der Waals surface area (Å²) in [6, 6.07) is 3.55. The van der Waals surface area contributed by atoms with Crippen molar-refractivity contribution in [3.8, 4) is 5.75 Å². The van der Waals surface area contributed by atoms with Crippen molar-refractivity contribution in [1.82, 2.24) is 9.97 Å². The van der Waals surface area contributed by atoms with Crippen LogP contribution in [0.15, 0.2) is 23.1 Å². The third kappa shape index (κ3) is 2.86. The number of aryl methyl sites for hydroxylation is 2. The van der Waals surface area contributed by atoms with E-state index in [1.165, 1.54) is 0 Å². The van der Waals surface area contributed by atoms with Gasteiger partial charge in [0.15, 0.2) is 0 Å². The summed E-state index contributed by atoms with van der Waals surface area (Å²) in [6.07, 6.45) is 2.65. The zero-order valence-electron chi connectivity index (χ0n) is 12.9. The second kappa shape index (κ2) is 6.43. The molecule has 0 saturated heterocycles. The number of hydrogen-bond acceptors (Lipinski definition) is 4. The van der Waals surface area contributed by atoms with Gasteiger partial charge in [-0.2, -0.15) is 0 Å². The Balaban J connectivity index is 2.47. The monoisotopic (exact) mass is 301 g/mol. The highest BCUT2D eigenvalue weighted by molar-refractivity contribution is 6.06. The minimum absolute atomic E-state index is 0.255. The summed E-state index contributed by atoms with van der Waals surface area (Å²) in [5.74, 6) is -0.559. The fourth-order valence-electron chi connectivity index (χ4n) is 2.36. The van der Waals surface area contributed by atoms with E-state index < -0.39 is 11.5 Å². The largest absolute Gasteiger partial charge is 0.507 e. The minimum Gasteiger partial charge on any atom is -0.507 e. The molecule has 6 heteroatoms. The molecule has 0 radical (unpaired) electrons. The van der Waals surface area contributed by atoms with Crippen LogP contribution in [0.2, 0.25) is 0 Å². The summed E-state index contributed by atoms with van der Waals surface area (Å²) in [7, 11) is 0. The first-order valence-electron chi connectivity index (χ1n) is 7.19. The molecule has 0 fully saturated rings. The SMILES string of the molecule is CCc1[nH]c(=O)c(C(=O)Nc2ncccc2C)c(O)c1CC. The first-order valence-corrected chi connectivity index (χ1v) is 7.19. The molecule has 22 heavy (non-hydrogen) atoms. The Morgan fingerprint density at radius 1 is 1.36 bits per heavy atom. The van der Waals surface area contributed by atoms with Gasteiger partial charge in [-0.1, -0.05) is 19.9 Å².